The van der Waals surface area contributed by atoms with Gasteiger partial charge in [0, 0.05) is 19.2 Å². The number of rotatable bonds is 9. The molecular weight excluding hydrogens is 240 g/mol. The Morgan fingerprint density at radius 1 is 1.32 bits per heavy atom. The average molecular weight is 272 g/mol. The summed E-state index contributed by atoms with van der Waals surface area (Å²) in [7, 11) is 5.89. The molecular formula is C14H32N4O. The van der Waals surface area contributed by atoms with Crippen molar-refractivity contribution in [1.82, 2.24) is 10.2 Å². The first-order valence-electron chi connectivity index (χ1n) is 7.17. The molecule has 0 saturated carbocycles. The van der Waals surface area contributed by atoms with E-state index in [0.29, 0.717) is 24.5 Å². The molecule has 2 unspecified atom stereocenters. The fourth-order valence-electron chi connectivity index (χ4n) is 2.35. The summed E-state index contributed by atoms with van der Waals surface area (Å²) < 4.78 is 5.06. The maximum Gasteiger partial charge on any atom is 0.188 e. The van der Waals surface area contributed by atoms with E-state index >= 15 is 0 Å². The van der Waals surface area contributed by atoms with Crippen LogP contribution in [-0.4, -0.2) is 57.3 Å². The number of hydrogen-bond donors (Lipinski definition) is 2. The second-order valence-corrected chi connectivity index (χ2v) is 5.33. The van der Waals surface area contributed by atoms with Crippen LogP contribution < -0.4 is 11.1 Å². The number of hydrogen-bond acceptors (Lipinski definition) is 3. The van der Waals surface area contributed by atoms with Gasteiger partial charge in [-0.15, -0.1) is 0 Å². The molecule has 0 aliphatic carbocycles. The zero-order valence-corrected chi connectivity index (χ0v) is 13.4. The summed E-state index contributed by atoms with van der Waals surface area (Å²) in [6, 6.07) is 0.618. The molecule has 0 heterocycles. The van der Waals surface area contributed by atoms with Crippen LogP contribution in [0.15, 0.2) is 4.99 Å². The lowest BCUT2D eigenvalue weighted by Crippen LogP contribution is -2.43. The number of nitrogens with two attached hydrogens (primary N) is 1. The zero-order chi connectivity index (χ0) is 14.8. The Kier molecular flexibility index (Phi) is 9.61. The van der Waals surface area contributed by atoms with Crippen LogP contribution in [0.1, 0.15) is 33.6 Å². The molecule has 0 aromatic heterocycles. The molecule has 0 saturated heterocycles. The normalized spacial score (nSPS) is 15.9. The molecule has 0 spiro atoms. The van der Waals surface area contributed by atoms with Crippen molar-refractivity contribution in [3.63, 3.8) is 0 Å². The summed E-state index contributed by atoms with van der Waals surface area (Å²) in [5, 5.41) is 3.13. The lowest BCUT2D eigenvalue weighted by atomic mass is 9.93. The minimum Gasteiger partial charge on any atom is -0.383 e. The topological polar surface area (TPSA) is 62.9 Å². The van der Waals surface area contributed by atoms with Crippen molar-refractivity contribution in [2.24, 2.45) is 16.6 Å². The molecule has 5 nitrogen and oxygen atoms in total. The van der Waals surface area contributed by atoms with E-state index in [1.54, 1.807) is 7.11 Å². The first-order valence-corrected chi connectivity index (χ1v) is 7.17. The molecule has 0 fully saturated rings. The van der Waals surface area contributed by atoms with E-state index in [0.717, 1.165) is 6.54 Å². The molecule has 3 N–H and O–H groups in total. The fraction of sp³-hybridized carbons (Fsp3) is 0.929. The quantitative estimate of drug-likeness (QED) is 0.490. The predicted molar refractivity (Wildman–Crippen MR) is 82.5 cm³/mol. The highest BCUT2D eigenvalue weighted by Gasteiger charge is 2.20. The van der Waals surface area contributed by atoms with Crippen molar-refractivity contribution in [2.45, 2.75) is 45.7 Å². The molecule has 0 rings (SSSR count). The van der Waals surface area contributed by atoms with Gasteiger partial charge in [0.15, 0.2) is 5.96 Å². The highest BCUT2D eigenvalue weighted by molar-refractivity contribution is 5.78. The minimum absolute atomic E-state index is 0.180. The number of nitrogens with one attached hydrogen (secondary N) is 1. The molecule has 0 bridgehead atoms. The van der Waals surface area contributed by atoms with Crippen molar-refractivity contribution in [3.8, 4) is 0 Å². The van der Waals surface area contributed by atoms with Gasteiger partial charge in [-0.05, 0) is 26.9 Å². The van der Waals surface area contributed by atoms with Gasteiger partial charge >= 0.3 is 0 Å². The van der Waals surface area contributed by atoms with Gasteiger partial charge in [-0.2, -0.15) is 0 Å². The van der Waals surface area contributed by atoms with Crippen LogP contribution in [0, 0.1) is 5.92 Å². The SMILES string of the molecule is CCC(CC)C(CN=C(N)NC(C)COC)N(C)C. The van der Waals surface area contributed by atoms with Crippen molar-refractivity contribution in [2.75, 3.05) is 34.4 Å². The van der Waals surface area contributed by atoms with Gasteiger partial charge in [0.25, 0.3) is 0 Å². The van der Waals surface area contributed by atoms with E-state index in [9.17, 15) is 0 Å². The third-order valence-corrected chi connectivity index (χ3v) is 3.52. The Balaban J connectivity index is 4.43. The summed E-state index contributed by atoms with van der Waals surface area (Å²) in [6.07, 6.45) is 2.34. The lowest BCUT2D eigenvalue weighted by Gasteiger charge is -2.30. The summed E-state index contributed by atoms with van der Waals surface area (Å²) in [6.45, 7) is 7.85. The zero-order valence-electron chi connectivity index (χ0n) is 13.4. The molecule has 2 atom stereocenters. The summed E-state index contributed by atoms with van der Waals surface area (Å²) in [5.41, 5.74) is 5.90. The van der Waals surface area contributed by atoms with E-state index in [-0.39, 0.29) is 6.04 Å². The van der Waals surface area contributed by atoms with Gasteiger partial charge in [0.1, 0.15) is 0 Å². The lowest BCUT2D eigenvalue weighted by molar-refractivity contribution is 0.179. The molecule has 0 aromatic rings. The Bertz CT molecular complexity index is 252. The van der Waals surface area contributed by atoms with Crippen LogP contribution in [0.2, 0.25) is 0 Å². The summed E-state index contributed by atoms with van der Waals surface area (Å²) >= 11 is 0. The van der Waals surface area contributed by atoms with Crippen LogP contribution in [0.4, 0.5) is 0 Å². The van der Waals surface area contributed by atoms with Gasteiger partial charge in [0.05, 0.1) is 13.2 Å². The van der Waals surface area contributed by atoms with Crippen LogP contribution in [0.25, 0.3) is 0 Å². The van der Waals surface area contributed by atoms with Crippen LogP contribution in [-0.2, 0) is 4.74 Å². The fourth-order valence-corrected chi connectivity index (χ4v) is 2.35. The van der Waals surface area contributed by atoms with Gasteiger partial charge < -0.3 is 20.7 Å². The Morgan fingerprint density at radius 2 is 1.89 bits per heavy atom. The maximum atomic E-state index is 5.90. The number of ether oxygens (including phenoxy) is 1. The van der Waals surface area contributed by atoms with Crippen molar-refractivity contribution >= 4 is 5.96 Å². The van der Waals surface area contributed by atoms with Crippen LogP contribution in [0.3, 0.4) is 0 Å². The van der Waals surface area contributed by atoms with Crippen LogP contribution in [0.5, 0.6) is 0 Å². The third kappa shape index (κ3) is 7.38. The Morgan fingerprint density at radius 3 is 2.32 bits per heavy atom. The second kappa shape index (κ2) is 10.0. The first kappa shape index (κ1) is 18.2. The van der Waals surface area contributed by atoms with Crippen LogP contribution >= 0.6 is 0 Å². The molecule has 0 aliphatic heterocycles. The largest absolute Gasteiger partial charge is 0.383 e. The predicted octanol–water partition coefficient (Wildman–Crippen LogP) is 1.29. The number of aliphatic imine (C=N–C) groups is 1. The van der Waals surface area contributed by atoms with Crippen molar-refractivity contribution in [1.29, 1.82) is 0 Å². The van der Waals surface area contributed by atoms with Crippen molar-refractivity contribution in [3.05, 3.63) is 0 Å². The van der Waals surface area contributed by atoms with E-state index in [2.05, 4.69) is 43.2 Å². The monoisotopic (exact) mass is 272 g/mol. The number of guanidine groups is 1. The van der Waals surface area contributed by atoms with E-state index in [1.165, 1.54) is 12.8 Å². The highest BCUT2D eigenvalue weighted by Crippen LogP contribution is 2.17. The van der Waals surface area contributed by atoms with E-state index < -0.39 is 0 Å². The smallest absolute Gasteiger partial charge is 0.188 e. The average Bonchev–Trinajstić information content (AvgIpc) is 2.34. The molecule has 0 amide bonds. The van der Waals surface area contributed by atoms with E-state index in [1.807, 2.05) is 6.92 Å². The Labute approximate surface area is 118 Å². The van der Waals surface area contributed by atoms with Crippen molar-refractivity contribution < 1.29 is 4.74 Å². The molecule has 0 aliphatic rings. The molecule has 5 heteroatoms. The second-order valence-electron chi connectivity index (χ2n) is 5.33. The standard InChI is InChI=1S/C14H32N4O/c1-7-12(8-2)13(18(4)5)9-16-14(15)17-11(3)10-19-6/h11-13H,7-10H2,1-6H3,(H3,15,16,17). The number of nitrogens with zero attached hydrogens (tertiary/aromatic N) is 2. The summed E-state index contributed by atoms with van der Waals surface area (Å²) in [5.74, 6) is 1.16. The van der Waals surface area contributed by atoms with Gasteiger partial charge in [-0.1, -0.05) is 26.7 Å². The van der Waals surface area contributed by atoms with Gasteiger partial charge in [-0.25, -0.2) is 0 Å². The number of likely N-dealkylation sites (N-methyl/N-ethyl adjacent to an activating group) is 1. The molecule has 19 heavy (non-hydrogen) atoms. The third-order valence-electron chi connectivity index (χ3n) is 3.52. The summed E-state index contributed by atoms with van der Waals surface area (Å²) in [4.78, 5) is 6.71. The van der Waals surface area contributed by atoms with Gasteiger partial charge in [-0.3, -0.25) is 4.99 Å². The molecule has 0 aromatic carbocycles. The number of methoxy groups -OCH3 is 1. The Hall–Kier alpha value is -0.810. The highest BCUT2D eigenvalue weighted by atomic mass is 16.5. The van der Waals surface area contributed by atoms with Gasteiger partial charge in [0.2, 0.25) is 0 Å². The first-order chi connectivity index (χ1) is 8.96. The molecule has 0 radical (unpaired) electrons. The minimum atomic E-state index is 0.180. The maximum absolute atomic E-state index is 5.90. The van der Waals surface area contributed by atoms with E-state index in [4.69, 9.17) is 10.5 Å². The molecule has 114 valence electrons.